The molecule has 2 aromatic carbocycles. The van der Waals surface area contributed by atoms with Crippen molar-refractivity contribution in [3.63, 3.8) is 0 Å². The highest BCUT2D eigenvalue weighted by Gasteiger charge is 2.35. The van der Waals surface area contributed by atoms with Crippen LogP contribution in [-0.4, -0.2) is 18.1 Å². The van der Waals surface area contributed by atoms with E-state index in [0.717, 1.165) is 11.1 Å². The Labute approximate surface area is 177 Å². The quantitative estimate of drug-likeness (QED) is 0.662. The predicted molar refractivity (Wildman–Crippen MR) is 115 cm³/mol. The van der Waals surface area contributed by atoms with E-state index in [1.54, 1.807) is 13.8 Å². The highest BCUT2D eigenvalue weighted by molar-refractivity contribution is 5.95. The number of amides is 2. The molecule has 1 unspecified atom stereocenters. The van der Waals surface area contributed by atoms with E-state index in [-0.39, 0.29) is 18.1 Å². The minimum atomic E-state index is -0.623. The first kappa shape index (κ1) is 21.4. The van der Waals surface area contributed by atoms with E-state index in [1.165, 1.54) is 0 Å². The van der Waals surface area contributed by atoms with Crippen molar-refractivity contribution in [2.24, 2.45) is 5.92 Å². The summed E-state index contributed by atoms with van der Waals surface area (Å²) in [4.78, 5) is 25.2. The molecule has 0 spiro atoms. The summed E-state index contributed by atoms with van der Waals surface area (Å²) in [5, 5.41) is 5.64. The Hall–Kier alpha value is -3.28. The fourth-order valence-electron chi connectivity index (χ4n) is 3.32. The topological polar surface area (TPSA) is 76.7 Å². The van der Waals surface area contributed by atoms with Crippen LogP contribution >= 0.6 is 0 Å². The lowest BCUT2D eigenvalue weighted by Gasteiger charge is -2.31. The third-order valence-electron chi connectivity index (χ3n) is 4.68. The molecule has 0 saturated carbocycles. The number of benzene rings is 2. The molecular formula is C24H28N2O4. The number of rotatable bonds is 7. The average Bonchev–Trinajstić information content (AvgIpc) is 2.72. The standard InChI is InChI=1S/C24H28N2O4/c1-15(2)21-20(23(27)30-16(3)4)22(26-24(28)25-21)18-11-8-12-19(13-18)29-14-17-9-6-5-7-10-17/h5-13,15-16,22H,14H2,1-4H3,(H2,25,26,28). The normalized spacial score (nSPS) is 16.3. The van der Waals surface area contributed by atoms with Gasteiger partial charge in [-0.1, -0.05) is 56.3 Å². The number of ether oxygens (including phenoxy) is 2. The van der Waals surface area contributed by atoms with Crippen molar-refractivity contribution in [1.29, 1.82) is 0 Å². The van der Waals surface area contributed by atoms with Gasteiger partial charge in [-0.2, -0.15) is 0 Å². The molecule has 0 aliphatic carbocycles. The van der Waals surface area contributed by atoms with Gasteiger partial charge in [0.15, 0.2) is 0 Å². The minimum Gasteiger partial charge on any atom is -0.489 e. The molecule has 1 aliphatic heterocycles. The summed E-state index contributed by atoms with van der Waals surface area (Å²) < 4.78 is 11.4. The molecular weight excluding hydrogens is 380 g/mol. The molecule has 6 nitrogen and oxygen atoms in total. The molecule has 0 saturated heterocycles. The molecule has 0 aromatic heterocycles. The maximum absolute atomic E-state index is 12.9. The first-order valence-electron chi connectivity index (χ1n) is 10.1. The monoisotopic (exact) mass is 408 g/mol. The molecule has 0 radical (unpaired) electrons. The Morgan fingerprint density at radius 1 is 1.03 bits per heavy atom. The van der Waals surface area contributed by atoms with Crippen LogP contribution in [0.5, 0.6) is 5.75 Å². The van der Waals surface area contributed by atoms with Gasteiger partial charge < -0.3 is 20.1 Å². The fraction of sp³-hybridized carbons (Fsp3) is 0.333. The first-order chi connectivity index (χ1) is 14.3. The number of allylic oxidation sites excluding steroid dienone is 1. The average molecular weight is 408 g/mol. The van der Waals surface area contributed by atoms with E-state index in [9.17, 15) is 9.59 Å². The Balaban J connectivity index is 1.92. The first-order valence-corrected chi connectivity index (χ1v) is 10.1. The van der Waals surface area contributed by atoms with Crippen LogP contribution in [0.2, 0.25) is 0 Å². The van der Waals surface area contributed by atoms with Crippen molar-refractivity contribution in [2.75, 3.05) is 0 Å². The van der Waals surface area contributed by atoms with Crippen LogP contribution in [0.4, 0.5) is 4.79 Å². The molecule has 1 atom stereocenters. The third kappa shape index (κ3) is 5.20. The van der Waals surface area contributed by atoms with E-state index in [2.05, 4.69) is 10.6 Å². The Morgan fingerprint density at radius 2 is 1.77 bits per heavy atom. The van der Waals surface area contributed by atoms with Gasteiger partial charge in [-0.25, -0.2) is 9.59 Å². The molecule has 3 rings (SSSR count). The highest BCUT2D eigenvalue weighted by Crippen LogP contribution is 2.32. The highest BCUT2D eigenvalue weighted by atomic mass is 16.5. The number of carbonyl (C=O) groups excluding carboxylic acids is 2. The van der Waals surface area contributed by atoms with Crippen molar-refractivity contribution in [2.45, 2.75) is 46.4 Å². The van der Waals surface area contributed by atoms with Crippen LogP contribution in [0.3, 0.4) is 0 Å². The lowest BCUT2D eigenvalue weighted by Crippen LogP contribution is -2.47. The molecule has 30 heavy (non-hydrogen) atoms. The Bertz CT molecular complexity index is 935. The second-order valence-electron chi connectivity index (χ2n) is 7.81. The van der Waals surface area contributed by atoms with Crippen molar-refractivity contribution in [1.82, 2.24) is 10.6 Å². The Morgan fingerprint density at radius 3 is 2.43 bits per heavy atom. The second kappa shape index (κ2) is 9.48. The summed E-state index contributed by atoms with van der Waals surface area (Å²) in [6.45, 7) is 7.89. The second-order valence-corrected chi connectivity index (χ2v) is 7.81. The fourth-order valence-corrected chi connectivity index (χ4v) is 3.32. The van der Waals surface area contributed by atoms with Gasteiger partial charge in [0.2, 0.25) is 0 Å². The molecule has 158 valence electrons. The van der Waals surface area contributed by atoms with Crippen LogP contribution < -0.4 is 15.4 Å². The number of esters is 1. The Kier molecular flexibility index (Phi) is 6.77. The zero-order valence-electron chi connectivity index (χ0n) is 17.8. The van der Waals surface area contributed by atoms with Gasteiger partial charge >= 0.3 is 12.0 Å². The predicted octanol–water partition coefficient (Wildman–Crippen LogP) is 4.48. The molecule has 2 aromatic rings. The molecule has 0 fully saturated rings. The van der Waals surface area contributed by atoms with Crippen LogP contribution in [0.25, 0.3) is 0 Å². The van der Waals surface area contributed by atoms with Crippen molar-refractivity contribution in [3.8, 4) is 5.75 Å². The van der Waals surface area contributed by atoms with Crippen LogP contribution in [-0.2, 0) is 16.1 Å². The van der Waals surface area contributed by atoms with E-state index in [4.69, 9.17) is 9.47 Å². The van der Waals surface area contributed by atoms with Gasteiger partial charge in [-0.3, -0.25) is 0 Å². The number of carbonyl (C=O) groups is 2. The van der Waals surface area contributed by atoms with Gasteiger partial charge in [0.25, 0.3) is 0 Å². The van der Waals surface area contributed by atoms with Gasteiger partial charge in [-0.15, -0.1) is 0 Å². The zero-order chi connectivity index (χ0) is 21.7. The summed E-state index contributed by atoms with van der Waals surface area (Å²) in [5.41, 5.74) is 2.80. The van der Waals surface area contributed by atoms with Gasteiger partial charge in [0.1, 0.15) is 12.4 Å². The summed E-state index contributed by atoms with van der Waals surface area (Å²) in [5.74, 6) is 0.166. The molecule has 1 aliphatic rings. The van der Waals surface area contributed by atoms with E-state index in [0.29, 0.717) is 23.6 Å². The number of nitrogens with one attached hydrogen (secondary N) is 2. The molecule has 2 N–H and O–H groups in total. The van der Waals surface area contributed by atoms with Crippen molar-refractivity contribution >= 4 is 12.0 Å². The SMILES string of the molecule is CC(C)OC(=O)C1=C(C(C)C)NC(=O)NC1c1cccc(OCc2ccccc2)c1. The van der Waals surface area contributed by atoms with Crippen LogP contribution in [0, 0.1) is 5.92 Å². The summed E-state index contributed by atoms with van der Waals surface area (Å²) in [7, 11) is 0. The smallest absolute Gasteiger partial charge is 0.338 e. The van der Waals surface area contributed by atoms with Crippen LogP contribution in [0.15, 0.2) is 65.9 Å². The van der Waals surface area contributed by atoms with Crippen molar-refractivity contribution < 1.29 is 19.1 Å². The lowest BCUT2D eigenvalue weighted by molar-refractivity contribution is -0.143. The molecule has 0 bridgehead atoms. The van der Waals surface area contributed by atoms with E-state index in [1.807, 2.05) is 68.4 Å². The van der Waals surface area contributed by atoms with E-state index >= 15 is 0 Å². The summed E-state index contributed by atoms with van der Waals surface area (Å²) in [6.07, 6.45) is -0.266. The number of hydrogen-bond donors (Lipinski definition) is 2. The third-order valence-corrected chi connectivity index (χ3v) is 4.68. The maximum atomic E-state index is 12.9. The molecule has 2 amide bonds. The lowest BCUT2D eigenvalue weighted by atomic mass is 9.91. The largest absolute Gasteiger partial charge is 0.489 e. The number of urea groups is 1. The zero-order valence-corrected chi connectivity index (χ0v) is 17.8. The molecule has 6 heteroatoms. The van der Waals surface area contributed by atoms with Gasteiger partial charge in [0.05, 0.1) is 17.7 Å². The molecule has 1 heterocycles. The van der Waals surface area contributed by atoms with Crippen LogP contribution in [0.1, 0.15) is 44.9 Å². The van der Waals surface area contributed by atoms with Gasteiger partial charge in [0, 0.05) is 5.70 Å². The summed E-state index contributed by atoms with van der Waals surface area (Å²) in [6, 6.07) is 16.3. The van der Waals surface area contributed by atoms with Crippen molar-refractivity contribution in [3.05, 3.63) is 77.0 Å². The maximum Gasteiger partial charge on any atom is 0.338 e. The minimum absolute atomic E-state index is 0.0502. The summed E-state index contributed by atoms with van der Waals surface area (Å²) >= 11 is 0. The van der Waals surface area contributed by atoms with E-state index < -0.39 is 12.0 Å². The number of hydrogen-bond acceptors (Lipinski definition) is 4. The van der Waals surface area contributed by atoms with Gasteiger partial charge in [-0.05, 0) is 43.0 Å².